The normalized spacial score (nSPS) is 23.2. The second-order valence-corrected chi connectivity index (χ2v) is 9.46. The Hall–Kier alpha value is -3.77. The Bertz CT molecular complexity index is 1310. The van der Waals surface area contributed by atoms with Crippen LogP contribution in [0.1, 0.15) is 42.8 Å². The Kier molecular flexibility index (Phi) is 6.46. The highest BCUT2D eigenvalue weighted by molar-refractivity contribution is 5.71. The Morgan fingerprint density at radius 1 is 1.19 bits per heavy atom. The van der Waals surface area contributed by atoms with Crippen molar-refractivity contribution >= 4 is 5.97 Å². The van der Waals surface area contributed by atoms with Crippen LogP contribution < -0.4 is 9.47 Å². The summed E-state index contributed by atoms with van der Waals surface area (Å²) in [7, 11) is 1.63. The first-order valence-corrected chi connectivity index (χ1v) is 11.9. The largest absolute Gasteiger partial charge is 0.489 e. The van der Waals surface area contributed by atoms with Crippen molar-refractivity contribution in [2.45, 2.75) is 51.5 Å². The third-order valence-electron chi connectivity index (χ3n) is 7.17. The molecule has 3 aromatic rings. The van der Waals surface area contributed by atoms with Gasteiger partial charge >= 0.3 is 18.2 Å². The van der Waals surface area contributed by atoms with E-state index in [-0.39, 0.29) is 24.5 Å². The Labute approximate surface area is 209 Å². The van der Waals surface area contributed by atoms with Gasteiger partial charge < -0.3 is 14.6 Å². The maximum Gasteiger partial charge on any atom is 0.433 e. The van der Waals surface area contributed by atoms with Gasteiger partial charge in [0.25, 0.3) is 0 Å². The van der Waals surface area contributed by atoms with Gasteiger partial charge in [0.2, 0.25) is 0 Å². The van der Waals surface area contributed by atoms with Crippen LogP contribution in [0.15, 0.2) is 24.4 Å². The van der Waals surface area contributed by atoms with Crippen LogP contribution in [0, 0.1) is 24.7 Å². The molecule has 2 aliphatic rings. The van der Waals surface area contributed by atoms with Crippen LogP contribution in [0.5, 0.6) is 11.8 Å². The molecule has 0 bridgehead atoms. The van der Waals surface area contributed by atoms with Crippen molar-refractivity contribution in [2.24, 2.45) is 24.8 Å². The van der Waals surface area contributed by atoms with Crippen LogP contribution in [0.3, 0.4) is 0 Å². The lowest BCUT2D eigenvalue weighted by Gasteiger charge is -2.18. The molecule has 0 aliphatic heterocycles. The van der Waals surface area contributed by atoms with Gasteiger partial charge in [-0.3, -0.25) is 4.79 Å². The van der Waals surface area contributed by atoms with E-state index in [9.17, 15) is 23.1 Å². The third kappa shape index (κ3) is 5.07. The monoisotopic (exact) mass is 518 g/mol. The molecule has 5 rings (SSSR count). The summed E-state index contributed by atoms with van der Waals surface area (Å²) in [6, 6.07) is 3.87. The fraction of sp³-hybridized carbons (Fsp3) is 0.500. The standard InChI is InChI=1S/C24H25F3N6O4/c1-12-19(37-14-9-13-3-4-15(22(34)35)16(13)10-14)6-5-17(29-12)21-18(33(2)32-31-21)11-36-23-28-8-7-20(30-23)24(25,26)27/h5-8,13-16H,3-4,9-11H2,1-2H3,(H,34,35)/t13-,14-,15?,16+/m1/s1. The maximum absolute atomic E-state index is 12.9. The summed E-state index contributed by atoms with van der Waals surface area (Å²) in [5.41, 5.74) is 0.908. The van der Waals surface area contributed by atoms with Gasteiger partial charge in [-0.05, 0) is 62.6 Å². The molecule has 196 valence electrons. The van der Waals surface area contributed by atoms with Crippen molar-refractivity contribution in [3.63, 3.8) is 0 Å². The summed E-state index contributed by atoms with van der Waals surface area (Å²) in [5, 5.41) is 17.6. The number of halogens is 3. The predicted molar refractivity (Wildman–Crippen MR) is 121 cm³/mol. The number of aryl methyl sites for hydroxylation is 2. The van der Waals surface area contributed by atoms with Gasteiger partial charge in [-0.1, -0.05) is 5.21 Å². The molecule has 1 N–H and O–H groups in total. The first-order chi connectivity index (χ1) is 17.6. The number of aliphatic carboxylic acids is 1. The quantitative estimate of drug-likeness (QED) is 0.497. The molecule has 37 heavy (non-hydrogen) atoms. The fourth-order valence-corrected chi connectivity index (χ4v) is 5.36. The van der Waals surface area contributed by atoms with Crippen molar-refractivity contribution in [1.29, 1.82) is 0 Å². The lowest BCUT2D eigenvalue weighted by molar-refractivity contribution is -0.143. The molecule has 0 radical (unpaired) electrons. The van der Waals surface area contributed by atoms with Crippen molar-refractivity contribution in [3.05, 3.63) is 41.5 Å². The number of ether oxygens (including phenoxy) is 2. The third-order valence-corrected chi connectivity index (χ3v) is 7.17. The fourth-order valence-electron chi connectivity index (χ4n) is 5.36. The molecule has 0 amide bonds. The molecule has 2 saturated carbocycles. The number of hydrogen-bond acceptors (Lipinski definition) is 8. The highest BCUT2D eigenvalue weighted by Gasteiger charge is 2.47. The summed E-state index contributed by atoms with van der Waals surface area (Å²) in [5.74, 6) is 0.122. The number of alkyl halides is 3. The lowest BCUT2D eigenvalue weighted by Crippen LogP contribution is -2.21. The van der Waals surface area contributed by atoms with Gasteiger partial charge in [0, 0.05) is 13.2 Å². The number of hydrogen-bond donors (Lipinski definition) is 1. The number of carboxylic acids is 1. The molecule has 4 atom stereocenters. The number of carbonyl (C=O) groups is 1. The summed E-state index contributed by atoms with van der Waals surface area (Å²) in [4.78, 5) is 23.3. The molecule has 13 heteroatoms. The van der Waals surface area contributed by atoms with E-state index >= 15 is 0 Å². The van der Waals surface area contributed by atoms with Crippen molar-refractivity contribution in [3.8, 4) is 23.1 Å². The summed E-state index contributed by atoms with van der Waals surface area (Å²) in [6.45, 7) is 1.63. The van der Waals surface area contributed by atoms with Crippen LogP contribution in [0.4, 0.5) is 13.2 Å². The second kappa shape index (κ2) is 9.60. The Balaban J connectivity index is 1.28. The number of nitrogens with zero attached hydrogens (tertiary/aromatic N) is 6. The van der Waals surface area contributed by atoms with E-state index in [2.05, 4.69) is 25.3 Å². The van der Waals surface area contributed by atoms with E-state index in [0.29, 0.717) is 40.9 Å². The molecule has 2 aliphatic carbocycles. The van der Waals surface area contributed by atoms with Crippen molar-refractivity contribution in [1.82, 2.24) is 29.9 Å². The zero-order valence-electron chi connectivity index (χ0n) is 20.1. The first-order valence-electron chi connectivity index (χ1n) is 11.9. The van der Waals surface area contributed by atoms with Gasteiger partial charge in [0.05, 0.1) is 23.4 Å². The van der Waals surface area contributed by atoms with Crippen LogP contribution in [0.2, 0.25) is 0 Å². The summed E-state index contributed by atoms with van der Waals surface area (Å²) >= 11 is 0. The highest BCUT2D eigenvalue weighted by atomic mass is 19.4. The van der Waals surface area contributed by atoms with E-state index in [1.54, 1.807) is 26.1 Å². The smallest absolute Gasteiger partial charge is 0.433 e. The molecule has 2 fully saturated rings. The first kappa shape index (κ1) is 24.9. The van der Waals surface area contributed by atoms with Gasteiger partial charge in [-0.2, -0.15) is 18.2 Å². The number of pyridine rings is 1. The SMILES string of the molecule is Cc1nc(-c2nnn(C)c2COc2nccc(C(F)(F)F)n2)ccc1O[C@@H]1C[C@H]2CCC(C(=O)O)[C@H]2C1. The average molecular weight is 518 g/mol. The minimum absolute atomic E-state index is 0.0589. The van der Waals surface area contributed by atoms with E-state index in [4.69, 9.17) is 9.47 Å². The minimum Gasteiger partial charge on any atom is -0.489 e. The number of carboxylic acid groups (broad SMARTS) is 1. The number of rotatable bonds is 7. The van der Waals surface area contributed by atoms with E-state index in [1.165, 1.54) is 4.68 Å². The average Bonchev–Trinajstić information content (AvgIpc) is 3.52. The predicted octanol–water partition coefficient (Wildman–Crippen LogP) is 3.84. The number of aromatic nitrogens is 6. The van der Waals surface area contributed by atoms with E-state index in [0.717, 1.165) is 31.5 Å². The molecular formula is C24H25F3N6O4. The molecule has 10 nitrogen and oxygen atoms in total. The molecule has 0 saturated heterocycles. The molecule has 3 heterocycles. The lowest BCUT2D eigenvalue weighted by atomic mass is 9.92. The zero-order chi connectivity index (χ0) is 26.3. The van der Waals surface area contributed by atoms with E-state index < -0.39 is 23.8 Å². The molecule has 3 aromatic heterocycles. The van der Waals surface area contributed by atoms with E-state index in [1.807, 2.05) is 0 Å². The van der Waals surface area contributed by atoms with Gasteiger partial charge in [-0.15, -0.1) is 5.10 Å². The number of fused-ring (bicyclic) bond motifs is 1. The van der Waals surface area contributed by atoms with Gasteiger partial charge in [-0.25, -0.2) is 14.6 Å². The van der Waals surface area contributed by atoms with Crippen molar-refractivity contribution < 1.29 is 32.5 Å². The van der Waals surface area contributed by atoms with Crippen LogP contribution in [-0.4, -0.2) is 47.1 Å². The van der Waals surface area contributed by atoms with Gasteiger partial charge in [0.15, 0.2) is 5.69 Å². The Morgan fingerprint density at radius 3 is 2.73 bits per heavy atom. The Morgan fingerprint density at radius 2 is 2.00 bits per heavy atom. The van der Waals surface area contributed by atoms with Gasteiger partial charge in [0.1, 0.15) is 23.7 Å². The molecule has 0 spiro atoms. The van der Waals surface area contributed by atoms with Crippen LogP contribution in [0.25, 0.3) is 11.4 Å². The molecule has 0 aromatic carbocycles. The summed E-state index contributed by atoms with van der Waals surface area (Å²) in [6.07, 6.45) is -0.490. The molecular weight excluding hydrogens is 493 g/mol. The maximum atomic E-state index is 12.9. The summed E-state index contributed by atoms with van der Waals surface area (Å²) < 4.78 is 51.8. The highest BCUT2D eigenvalue weighted by Crippen LogP contribution is 2.48. The minimum atomic E-state index is -4.61. The molecule has 1 unspecified atom stereocenters. The topological polar surface area (TPSA) is 125 Å². The zero-order valence-corrected chi connectivity index (χ0v) is 20.1. The van der Waals surface area contributed by atoms with Crippen LogP contribution in [-0.2, 0) is 24.6 Å². The van der Waals surface area contributed by atoms with Crippen molar-refractivity contribution in [2.75, 3.05) is 0 Å². The van der Waals surface area contributed by atoms with Crippen LogP contribution >= 0.6 is 0 Å². The second-order valence-electron chi connectivity index (χ2n) is 9.46.